The molecule has 2 heterocycles. The Kier molecular flexibility index (Phi) is 2.41. The predicted octanol–water partition coefficient (Wildman–Crippen LogP) is 1.18. The number of aromatic amines is 1. The SMILES string of the molecule is Cc1ccc2[nH]c3c(=O)n(CCO)cnc3c2c1. The summed E-state index contributed by atoms with van der Waals surface area (Å²) in [6, 6.07) is 5.95. The highest BCUT2D eigenvalue weighted by Crippen LogP contribution is 2.22. The molecule has 2 aromatic heterocycles. The molecule has 3 rings (SSSR count). The summed E-state index contributed by atoms with van der Waals surface area (Å²) in [5.74, 6) is 0. The van der Waals surface area contributed by atoms with Crippen molar-refractivity contribution in [3.63, 3.8) is 0 Å². The molecule has 2 N–H and O–H groups in total. The van der Waals surface area contributed by atoms with Gasteiger partial charge < -0.3 is 10.1 Å². The number of aryl methyl sites for hydroxylation is 1. The highest BCUT2D eigenvalue weighted by molar-refractivity contribution is 6.04. The van der Waals surface area contributed by atoms with Gasteiger partial charge in [0.15, 0.2) is 0 Å². The summed E-state index contributed by atoms with van der Waals surface area (Å²) in [5, 5.41) is 9.85. The molecule has 0 aliphatic heterocycles. The molecule has 0 fully saturated rings. The monoisotopic (exact) mass is 243 g/mol. The van der Waals surface area contributed by atoms with Crippen molar-refractivity contribution in [3.8, 4) is 0 Å². The fourth-order valence-corrected chi connectivity index (χ4v) is 2.17. The van der Waals surface area contributed by atoms with Gasteiger partial charge in [0.2, 0.25) is 0 Å². The standard InChI is InChI=1S/C13H13N3O2/c1-8-2-3-10-9(6-8)11-12(15-10)13(18)16(4-5-17)7-14-11/h2-3,6-7,15,17H,4-5H2,1H3. The zero-order valence-electron chi connectivity index (χ0n) is 9.97. The molecule has 0 bridgehead atoms. The number of rotatable bonds is 2. The van der Waals surface area contributed by atoms with Crippen molar-refractivity contribution >= 4 is 21.9 Å². The van der Waals surface area contributed by atoms with Gasteiger partial charge in [-0.2, -0.15) is 0 Å². The number of aliphatic hydroxyl groups excluding tert-OH is 1. The van der Waals surface area contributed by atoms with E-state index >= 15 is 0 Å². The summed E-state index contributed by atoms with van der Waals surface area (Å²) >= 11 is 0. The Morgan fingerprint density at radius 3 is 3.06 bits per heavy atom. The predicted molar refractivity (Wildman–Crippen MR) is 69.7 cm³/mol. The van der Waals surface area contributed by atoms with E-state index in [9.17, 15) is 4.79 Å². The molecule has 18 heavy (non-hydrogen) atoms. The minimum Gasteiger partial charge on any atom is -0.395 e. The molecule has 0 amide bonds. The molecule has 0 aliphatic carbocycles. The average molecular weight is 243 g/mol. The number of aliphatic hydroxyl groups is 1. The Bertz CT molecular complexity index is 786. The number of fused-ring (bicyclic) bond motifs is 3. The average Bonchev–Trinajstić information content (AvgIpc) is 2.72. The van der Waals surface area contributed by atoms with E-state index in [1.54, 1.807) is 0 Å². The zero-order valence-corrected chi connectivity index (χ0v) is 9.97. The van der Waals surface area contributed by atoms with Crippen LogP contribution in [0.3, 0.4) is 0 Å². The van der Waals surface area contributed by atoms with E-state index in [0.29, 0.717) is 11.0 Å². The molecule has 3 aromatic rings. The Hall–Kier alpha value is -2.14. The lowest BCUT2D eigenvalue weighted by Gasteiger charge is -2.01. The molecular weight excluding hydrogens is 230 g/mol. The van der Waals surface area contributed by atoms with Crippen molar-refractivity contribution in [1.29, 1.82) is 0 Å². The highest BCUT2D eigenvalue weighted by atomic mass is 16.3. The molecule has 5 heteroatoms. The molecule has 0 aliphatic rings. The van der Waals surface area contributed by atoms with E-state index in [1.807, 2.05) is 25.1 Å². The fraction of sp³-hybridized carbons (Fsp3) is 0.231. The lowest BCUT2D eigenvalue weighted by atomic mass is 10.2. The maximum absolute atomic E-state index is 12.2. The molecular formula is C13H13N3O2. The molecule has 0 atom stereocenters. The lowest BCUT2D eigenvalue weighted by Crippen LogP contribution is -2.22. The van der Waals surface area contributed by atoms with Crippen LogP contribution in [0.15, 0.2) is 29.3 Å². The second kappa shape index (κ2) is 3.96. The molecule has 0 saturated carbocycles. The van der Waals surface area contributed by atoms with E-state index in [1.165, 1.54) is 10.9 Å². The zero-order chi connectivity index (χ0) is 12.7. The number of hydrogen-bond acceptors (Lipinski definition) is 3. The third kappa shape index (κ3) is 1.52. The minimum absolute atomic E-state index is 0.0770. The van der Waals surface area contributed by atoms with Crippen molar-refractivity contribution < 1.29 is 5.11 Å². The van der Waals surface area contributed by atoms with E-state index in [-0.39, 0.29) is 18.7 Å². The Labute approximate surface area is 103 Å². The number of aromatic nitrogens is 3. The van der Waals surface area contributed by atoms with E-state index in [2.05, 4.69) is 9.97 Å². The van der Waals surface area contributed by atoms with Crippen molar-refractivity contribution in [2.45, 2.75) is 13.5 Å². The van der Waals surface area contributed by atoms with Gasteiger partial charge in [0.1, 0.15) is 11.0 Å². The van der Waals surface area contributed by atoms with Crippen molar-refractivity contribution in [3.05, 3.63) is 40.4 Å². The Morgan fingerprint density at radius 2 is 2.28 bits per heavy atom. The summed E-state index contributed by atoms with van der Waals surface area (Å²) in [6.07, 6.45) is 1.48. The van der Waals surface area contributed by atoms with Gasteiger partial charge in [-0.1, -0.05) is 11.6 Å². The van der Waals surface area contributed by atoms with Gasteiger partial charge in [-0.3, -0.25) is 9.36 Å². The number of hydrogen-bond donors (Lipinski definition) is 2. The first kappa shape index (κ1) is 11.0. The quantitative estimate of drug-likeness (QED) is 0.710. The maximum atomic E-state index is 12.2. The molecule has 0 spiro atoms. The van der Waals surface area contributed by atoms with E-state index in [4.69, 9.17) is 5.11 Å². The number of H-pyrrole nitrogens is 1. The van der Waals surface area contributed by atoms with Gasteiger partial charge >= 0.3 is 0 Å². The van der Waals surface area contributed by atoms with Crippen LogP contribution in [-0.4, -0.2) is 26.2 Å². The van der Waals surface area contributed by atoms with Crippen LogP contribution in [-0.2, 0) is 6.54 Å². The molecule has 0 radical (unpaired) electrons. The topological polar surface area (TPSA) is 70.9 Å². The van der Waals surface area contributed by atoms with Gasteiger partial charge in [-0.15, -0.1) is 0 Å². The molecule has 0 unspecified atom stereocenters. The number of nitrogens with zero attached hydrogens (tertiary/aromatic N) is 2. The summed E-state index contributed by atoms with van der Waals surface area (Å²) < 4.78 is 1.41. The summed E-state index contributed by atoms with van der Waals surface area (Å²) in [7, 11) is 0. The molecule has 1 aromatic carbocycles. The van der Waals surface area contributed by atoms with Crippen LogP contribution < -0.4 is 5.56 Å². The van der Waals surface area contributed by atoms with Crippen LogP contribution in [0.4, 0.5) is 0 Å². The Balaban J connectivity index is 2.40. The minimum atomic E-state index is -0.150. The van der Waals surface area contributed by atoms with Crippen LogP contribution in [0.25, 0.3) is 21.9 Å². The second-order valence-corrected chi connectivity index (χ2v) is 4.36. The maximum Gasteiger partial charge on any atom is 0.277 e. The molecule has 5 nitrogen and oxygen atoms in total. The summed E-state index contributed by atoms with van der Waals surface area (Å²) in [4.78, 5) is 19.6. The largest absolute Gasteiger partial charge is 0.395 e. The molecule has 92 valence electrons. The lowest BCUT2D eigenvalue weighted by molar-refractivity contribution is 0.274. The number of benzene rings is 1. The smallest absolute Gasteiger partial charge is 0.277 e. The molecule has 0 saturated heterocycles. The van der Waals surface area contributed by atoms with Gasteiger partial charge in [-0.05, 0) is 19.1 Å². The van der Waals surface area contributed by atoms with Crippen molar-refractivity contribution in [2.75, 3.05) is 6.61 Å². The van der Waals surface area contributed by atoms with Crippen LogP contribution in [0.1, 0.15) is 5.56 Å². The van der Waals surface area contributed by atoms with Crippen molar-refractivity contribution in [2.24, 2.45) is 0 Å². The van der Waals surface area contributed by atoms with Crippen LogP contribution in [0, 0.1) is 6.92 Å². The first-order valence-corrected chi connectivity index (χ1v) is 5.79. The highest BCUT2D eigenvalue weighted by Gasteiger charge is 2.10. The van der Waals surface area contributed by atoms with Gasteiger partial charge in [0.05, 0.1) is 19.5 Å². The fourth-order valence-electron chi connectivity index (χ4n) is 2.17. The first-order chi connectivity index (χ1) is 8.70. The second-order valence-electron chi connectivity index (χ2n) is 4.36. The van der Waals surface area contributed by atoms with Gasteiger partial charge in [0, 0.05) is 10.9 Å². The van der Waals surface area contributed by atoms with Crippen LogP contribution in [0.5, 0.6) is 0 Å². The normalized spacial score (nSPS) is 11.4. The van der Waals surface area contributed by atoms with Gasteiger partial charge in [0.25, 0.3) is 5.56 Å². The Morgan fingerprint density at radius 1 is 1.44 bits per heavy atom. The first-order valence-electron chi connectivity index (χ1n) is 5.79. The summed E-state index contributed by atoms with van der Waals surface area (Å²) in [5.41, 5.74) is 3.06. The van der Waals surface area contributed by atoms with Crippen LogP contribution >= 0.6 is 0 Å². The number of nitrogens with one attached hydrogen (secondary N) is 1. The van der Waals surface area contributed by atoms with E-state index in [0.717, 1.165) is 16.5 Å². The third-order valence-corrected chi connectivity index (χ3v) is 3.07. The third-order valence-electron chi connectivity index (χ3n) is 3.07. The van der Waals surface area contributed by atoms with Gasteiger partial charge in [-0.25, -0.2) is 4.98 Å². The van der Waals surface area contributed by atoms with E-state index < -0.39 is 0 Å². The van der Waals surface area contributed by atoms with Crippen LogP contribution in [0.2, 0.25) is 0 Å². The summed E-state index contributed by atoms with van der Waals surface area (Å²) in [6.45, 7) is 2.19. The van der Waals surface area contributed by atoms with Crippen molar-refractivity contribution in [1.82, 2.24) is 14.5 Å².